The number of hydrazine groups is 1. The molecule has 0 aliphatic carbocycles. The van der Waals surface area contributed by atoms with Crippen LogP contribution < -0.4 is 11.3 Å². The van der Waals surface area contributed by atoms with E-state index in [1.54, 1.807) is 0 Å². The third-order valence-electron chi connectivity index (χ3n) is 2.56. The molecule has 94 valence electrons. The van der Waals surface area contributed by atoms with E-state index in [0.29, 0.717) is 6.42 Å². The zero-order valence-corrected chi connectivity index (χ0v) is 11.3. The number of carbonyl (C=O) groups excluding carboxylic acids is 1. The van der Waals surface area contributed by atoms with E-state index in [2.05, 4.69) is 37.5 Å². The fourth-order valence-electron chi connectivity index (χ4n) is 1.50. The molecule has 17 heavy (non-hydrogen) atoms. The van der Waals surface area contributed by atoms with E-state index in [-0.39, 0.29) is 5.91 Å². The van der Waals surface area contributed by atoms with Gasteiger partial charge in [-0.25, -0.2) is 5.84 Å². The third kappa shape index (κ3) is 5.24. The minimum absolute atomic E-state index is 0.0817. The van der Waals surface area contributed by atoms with Gasteiger partial charge in [0.2, 0.25) is 5.91 Å². The van der Waals surface area contributed by atoms with Crippen LogP contribution in [0.15, 0.2) is 23.1 Å². The van der Waals surface area contributed by atoms with Crippen molar-refractivity contribution in [3.05, 3.63) is 29.3 Å². The number of thioether (sulfide) groups is 1. The zero-order chi connectivity index (χ0) is 12.7. The average molecular weight is 252 g/mol. The first-order valence-electron chi connectivity index (χ1n) is 5.83. The Morgan fingerprint density at radius 2 is 2.12 bits per heavy atom. The van der Waals surface area contributed by atoms with Crippen LogP contribution in [0, 0.1) is 13.8 Å². The van der Waals surface area contributed by atoms with Gasteiger partial charge in [-0.15, -0.1) is 11.8 Å². The Kier molecular flexibility index (Phi) is 6.08. The molecule has 3 nitrogen and oxygen atoms in total. The largest absolute Gasteiger partial charge is 0.294 e. The summed E-state index contributed by atoms with van der Waals surface area (Å²) >= 11 is 1.86. The maximum absolute atomic E-state index is 10.9. The molecule has 1 amide bonds. The molecule has 0 saturated heterocycles. The number of hydrogen-bond donors (Lipinski definition) is 2. The first kappa shape index (κ1) is 14.1. The molecular formula is C13H20N2OS. The van der Waals surface area contributed by atoms with Gasteiger partial charge in [0.25, 0.3) is 0 Å². The summed E-state index contributed by atoms with van der Waals surface area (Å²) in [5.41, 5.74) is 4.76. The van der Waals surface area contributed by atoms with Crippen LogP contribution in [0.2, 0.25) is 0 Å². The summed E-state index contributed by atoms with van der Waals surface area (Å²) in [6.07, 6.45) is 2.44. The van der Waals surface area contributed by atoms with Crippen LogP contribution in [0.3, 0.4) is 0 Å². The van der Waals surface area contributed by atoms with Gasteiger partial charge >= 0.3 is 0 Å². The van der Waals surface area contributed by atoms with Gasteiger partial charge in [-0.2, -0.15) is 0 Å². The van der Waals surface area contributed by atoms with Crippen molar-refractivity contribution in [2.24, 2.45) is 5.84 Å². The highest BCUT2D eigenvalue weighted by Gasteiger charge is 2.01. The fourth-order valence-corrected chi connectivity index (χ4v) is 2.64. The third-order valence-corrected chi connectivity index (χ3v) is 3.80. The maximum atomic E-state index is 10.9. The van der Waals surface area contributed by atoms with Crippen molar-refractivity contribution >= 4 is 17.7 Å². The standard InChI is InChI=1S/C13H20N2OS/c1-10-6-7-11(2)12(9-10)17-8-4-3-5-13(16)15-14/h6-7,9H,3-5,8,14H2,1-2H3,(H,15,16). The van der Waals surface area contributed by atoms with E-state index in [4.69, 9.17) is 5.84 Å². The highest BCUT2D eigenvalue weighted by Crippen LogP contribution is 2.24. The Morgan fingerprint density at radius 1 is 1.35 bits per heavy atom. The Labute approximate surface area is 107 Å². The second-order valence-electron chi connectivity index (χ2n) is 4.14. The smallest absolute Gasteiger partial charge is 0.233 e. The van der Waals surface area contributed by atoms with Crippen molar-refractivity contribution in [2.75, 3.05) is 5.75 Å². The topological polar surface area (TPSA) is 55.1 Å². The van der Waals surface area contributed by atoms with Crippen molar-refractivity contribution < 1.29 is 4.79 Å². The summed E-state index contributed by atoms with van der Waals surface area (Å²) in [5, 5.41) is 0. The van der Waals surface area contributed by atoms with E-state index in [1.807, 2.05) is 11.8 Å². The van der Waals surface area contributed by atoms with Gasteiger partial charge in [-0.3, -0.25) is 10.2 Å². The Hall–Kier alpha value is -1.00. The molecule has 0 radical (unpaired) electrons. The molecule has 0 atom stereocenters. The minimum atomic E-state index is -0.0817. The molecule has 0 saturated carbocycles. The lowest BCUT2D eigenvalue weighted by atomic mass is 10.2. The lowest BCUT2D eigenvalue weighted by Gasteiger charge is -2.06. The Balaban J connectivity index is 2.26. The Bertz CT molecular complexity index is 380. The van der Waals surface area contributed by atoms with Gasteiger partial charge in [0.15, 0.2) is 0 Å². The van der Waals surface area contributed by atoms with Crippen molar-refractivity contribution in [1.29, 1.82) is 0 Å². The molecule has 0 bridgehead atoms. The van der Waals surface area contributed by atoms with E-state index in [1.165, 1.54) is 16.0 Å². The van der Waals surface area contributed by atoms with Gasteiger partial charge in [-0.1, -0.05) is 17.7 Å². The van der Waals surface area contributed by atoms with Crippen LogP contribution in [0.25, 0.3) is 0 Å². The number of unbranched alkanes of at least 4 members (excludes halogenated alkanes) is 1. The minimum Gasteiger partial charge on any atom is -0.294 e. The highest BCUT2D eigenvalue weighted by molar-refractivity contribution is 7.99. The first-order chi connectivity index (χ1) is 8.13. The summed E-state index contributed by atoms with van der Waals surface area (Å²) in [7, 11) is 0. The van der Waals surface area contributed by atoms with Gasteiger partial charge in [0.05, 0.1) is 0 Å². The molecule has 1 rings (SSSR count). The summed E-state index contributed by atoms with van der Waals surface area (Å²) in [6, 6.07) is 6.50. The van der Waals surface area contributed by atoms with E-state index in [0.717, 1.165) is 18.6 Å². The molecule has 1 aromatic carbocycles. The lowest BCUT2D eigenvalue weighted by Crippen LogP contribution is -2.29. The Morgan fingerprint density at radius 3 is 2.82 bits per heavy atom. The summed E-state index contributed by atoms with van der Waals surface area (Å²) in [4.78, 5) is 12.2. The molecule has 1 aromatic rings. The molecule has 0 heterocycles. The van der Waals surface area contributed by atoms with Gasteiger partial charge < -0.3 is 0 Å². The van der Waals surface area contributed by atoms with Gasteiger partial charge in [0.1, 0.15) is 0 Å². The number of rotatable bonds is 6. The molecule has 0 fully saturated rings. The van der Waals surface area contributed by atoms with Crippen LogP contribution >= 0.6 is 11.8 Å². The predicted molar refractivity (Wildman–Crippen MR) is 72.8 cm³/mol. The maximum Gasteiger partial charge on any atom is 0.233 e. The highest BCUT2D eigenvalue weighted by atomic mass is 32.2. The van der Waals surface area contributed by atoms with E-state index < -0.39 is 0 Å². The molecule has 0 unspecified atom stereocenters. The summed E-state index contributed by atoms with van der Waals surface area (Å²) in [5.74, 6) is 5.97. The van der Waals surface area contributed by atoms with Crippen LogP contribution in [0.5, 0.6) is 0 Å². The second kappa shape index (κ2) is 7.35. The second-order valence-corrected chi connectivity index (χ2v) is 5.28. The zero-order valence-electron chi connectivity index (χ0n) is 10.5. The fraction of sp³-hybridized carbons (Fsp3) is 0.462. The van der Waals surface area contributed by atoms with Crippen LogP contribution in [0.4, 0.5) is 0 Å². The quantitative estimate of drug-likeness (QED) is 0.269. The predicted octanol–water partition coefficient (Wildman–Crippen LogP) is 2.56. The van der Waals surface area contributed by atoms with Gasteiger partial charge in [-0.05, 0) is 44.1 Å². The monoisotopic (exact) mass is 252 g/mol. The van der Waals surface area contributed by atoms with E-state index in [9.17, 15) is 4.79 Å². The van der Waals surface area contributed by atoms with E-state index >= 15 is 0 Å². The number of hydrogen-bond acceptors (Lipinski definition) is 3. The molecule has 0 spiro atoms. The van der Waals surface area contributed by atoms with Crippen molar-refractivity contribution in [2.45, 2.75) is 38.0 Å². The first-order valence-corrected chi connectivity index (χ1v) is 6.81. The molecular weight excluding hydrogens is 232 g/mol. The normalized spacial score (nSPS) is 10.3. The van der Waals surface area contributed by atoms with Crippen LogP contribution in [-0.4, -0.2) is 11.7 Å². The number of amides is 1. The number of benzene rings is 1. The average Bonchev–Trinajstić information content (AvgIpc) is 2.32. The molecule has 0 aromatic heterocycles. The van der Waals surface area contributed by atoms with Gasteiger partial charge in [0, 0.05) is 11.3 Å². The van der Waals surface area contributed by atoms with Crippen molar-refractivity contribution in [3.8, 4) is 0 Å². The molecule has 3 N–H and O–H groups in total. The summed E-state index contributed by atoms with van der Waals surface area (Å²) in [6.45, 7) is 4.23. The molecule has 0 aliphatic heterocycles. The number of carbonyl (C=O) groups is 1. The number of nitrogens with one attached hydrogen (secondary N) is 1. The number of nitrogens with two attached hydrogens (primary N) is 1. The lowest BCUT2D eigenvalue weighted by molar-refractivity contribution is -0.121. The van der Waals surface area contributed by atoms with Crippen molar-refractivity contribution in [1.82, 2.24) is 5.43 Å². The molecule has 4 heteroatoms. The van der Waals surface area contributed by atoms with Crippen LogP contribution in [-0.2, 0) is 4.79 Å². The SMILES string of the molecule is Cc1ccc(C)c(SCCCCC(=O)NN)c1. The molecule has 0 aliphatic rings. The van der Waals surface area contributed by atoms with Crippen LogP contribution in [0.1, 0.15) is 30.4 Å². The van der Waals surface area contributed by atoms with Crippen molar-refractivity contribution in [3.63, 3.8) is 0 Å². The number of aryl methyl sites for hydroxylation is 2. The summed E-state index contributed by atoms with van der Waals surface area (Å²) < 4.78 is 0.